The van der Waals surface area contributed by atoms with Crippen LogP contribution in [0.4, 0.5) is 0 Å². The van der Waals surface area contributed by atoms with E-state index in [1.165, 1.54) is 11.5 Å². The first-order chi connectivity index (χ1) is 7.18. The van der Waals surface area contributed by atoms with Crippen molar-refractivity contribution in [3.05, 3.63) is 16.6 Å². The summed E-state index contributed by atoms with van der Waals surface area (Å²) in [6.07, 6.45) is 1.31. The number of aliphatic hydroxyl groups excluding tert-OH is 1. The van der Waals surface area contributed by atoms with E-state index in [4.69, 9.17) is 0 Å². The van der Waals surface area contributed by atoms with Gasteiger partial charge in [-0.05, 0) is 31.3 Å². The highest BCUT2D eigenvalue weighted by atomic mass is 32.1. The lowest BCUT2D eigenvalue weighted by molar-refractivity contribution is 0.0473. The van der Waals surface area contributed by atoms with Crippen molar-refractivity contribution < 1.29 is 9.90 Å². The van der Waals surface area contributed by atoms with E-state index in [-0.39, 0.29) is 12.0 Å². The number of aliphatic hydroxyl groups is 1. The molecule has 0 aliphatic carbocycles. The van der Waals surface area contributed by atoms with E-state index in [9.17, 15) is 9.90 Å². The molecule has 1 atom stereocenters. The molecular formula is C10H14N2O2S. The van der Waals surface area contributed by atoms with E-state index >= 15 is 0 Å². The molecule has 1 N–H and O–H groups in total. The van der Waals surface area contributed by atoms with Crippen LogP contribution in [0.25, 0.3) is 0 Å². The maximum atomic E-state index is 12.0. The monoisotopic (exact) mass is 226 g/mol. The Hall–Kier alpha value is -0.940. The number of aromatic nitrogens is 1. The van der Waals surface area contributed by atoms with E-state index in [1.807, 2.05) is 6.92 Å². The Morgan fingerprint density at radius 2 is 2.53 bits per heavy atom. The molecule has 2 rings (SSSR count). The largest absolute Gasteiger partial charge is 0.391 e. The summed E-state index contributed by atoms with van der Waals surface area (Å²) in [7, 11) is 0. The van der Waals surface area contributed by atoms with Crippen LogP contribution >= 0.6 is 11.5 Å². The fraction of sp³-hybridized carbons (Fsp3) is 0.600. The topological polar surface area (TPSA) is 53.4 Å². The van der Waals surface area contributed by atoms with Gasteiger partial charge in [-0.2, -0.15) is 4.37 Å². The average Bonchev–Trinajstić information content (AvgIpc) is 2.63. The van der Waals surface area contributed by atoms with E-state index < -0.39 is 0 Å². The van der Waals surface area contributed by atoms with E-state index in [0.717, 1.165) is 25.1 Å². The lowest BCUT2D eigenvalue weighted by Crippen LogP contribution is -2.42. The molecule has 1 aromatic heterocycles. The van der Waals surface area contributed by atoms with Gasteiger partial charge in [0.1, 0.15) is 0 Å². The Labute approximate surface area is 92.7 Å². The third kappa shape index (κ3) is 2.18. The van der Waals surface area contributed by atoms with Gasteiger partial charge in [0.15, 0.2) is 0 Å². The minimum Gasteiger partial charge on any atom is -0.391 e. The zero-order chi connectivity index (χ0) is 10.8. The standard InChI is InChI=1S/C10H14N2O2S/c1-7-9(6-15-11-7)10(14)12-4-2-3-8(13)5-12/h6,8,13H,2-5H2,1H3. The minimum atomic E-state index is -0.366. The van der Waals surface area contributed by atoms with Gasteiger partial charge in [0.25, 0.3) is 5.91 Å². The highest BCUT2D eigenvalue weighted by molar-refractivity contribution is 7.03. The summed E-state index contributed by atoms with van der Waals surface area (Å²) in [5, 5.41) is 11.3. The number of aryl methyl sites for hydroxylation is 1. The summed E-state index contributed by atoms with van der Waals surface area (Å²) in [6.45, 7) is 3.03. The lowest BCUT2D eigenvalue weighted by Gasteiger charge is -2.29. The van der Waals surface area contributed by atoms with Gasteiger partial charge in [0, 0.05) is 18.5 Å². The van der Waals surface area contributed by atoms with E-state index in [2.05, 4.69) is 4.37 Å². The second-order valence-corrected chi connectivity index (χ2v) is 4.49. The molecule has 5 heteroatoms. The number of rotatable bonds is 1. The molecular weight excluding hydrogens is 212 g/mol. The van der Waals surface area contributed by atoms with Crippen LogP contribution in [0.1, 0.15) is 28.9 Å². The molecule has 1 amide bonds. The second kappa shape index (κ2) is 4.28. The van der Waals surface area contributed by atoms with Gasteiger partial charge in [0.2, 0.25) is 0 Å². The Morgan fingerprint density at radius 1 is 1.73 bits per heavy atom. The number of β-amino-alcohol motifs (C(OH)–C–C–N with tert-alkyl or cyclic N) is 1. The summed E-state index contributed by atoms with van der Waals surface area (Å²) < 4.78 is 4.08. The number of hydrogen-bond acceptors (Lipinski definition) is 4. The molecule has 2 heterocycles. The summed E-state index contributed by atoms with van der Waals surface area (Å²) in [5.74, 6) is 0.000000000000000222. The van der Waals surface area contributed by atoms with Gasteiger partial charge in [-0.1, -0.05) is 0 Å². The van der Waals surface area contributed by atoms with E-state index in [1.54, 1.807) is 10.3 Å². The number of likely N-dealkylation sites (tertiary alicyclic amines) is 1. The van der Waals surface area contributed by atoms with Gasteiger partial charge < -0.3 is 10.0 Å². The molecule has 82 valence electrons. The molecule has 1 aromatic rings. The van der Waals surface area contributed by atoms with Crippen LogP contribution in [0.15, 0.2) is 5.38 Å². The Kier molecular flexibility index (Phi) is 3.02. The van der Waals surface area contributed by atoms with Gasteiger partial charge in [-0.3, -0.25) is 4.79 Å². The fourth-order valence-corrected chi connectivity index (χ4v) is 2.49. The molecule has 1 aliphatic rings. The fourth-order valence-electron chi connectivity index (χ4n) is 1.81. The first kappa shape index (κ1) is 10.6. The van der Waals surface area contributed by atoms with Crippen molar-refractivity contribution in [2.24, 2.45) is 0 Å². The summed E-state index contributed by atoms with van der Waals surface area (Å²) in [4.78, 5) is 13.7. The van der Waals surface area contributed by atoms with Gasteiger partial charge >= 0.3 is 0 Å². The average molecular weight is 226 g/mol. The maximum absolute atomic E-state index is 12.0. The quantitative estimate of drug-likeness (QED) is 0.778. The van der Waals surface area contributed by atoms with Crippen molar-refractivity contribution in [1.82, 2.24) is 9.27 Å². The number of amides is 1. The van der Waals surface area contributed by atoms with Crippen molar-refractivity contribution >= 4 is 17.4 Å². The van der Waals surface area contributed by atoms with Crippen LogP contribution in [0.5, 0.6) is 0 Å². The highest BCUT2D eigenvalue weighted by Crippen LogP contribution is 2.16. The predicted octanol–water partition coefficient (Wildman–Crippen LogP) is 1.05. The Morgan fingerprint density at radius 3 is 3.13 bits per heavy atom. The molecule has 1 aliphatic heterocycles. The zero-order valence-electron chi connectivity index (χ0n) is 8.64. The summed E-state index contributed by atoms with van der Waals surface area (Å²) >= 11 is 1.30. The van der Waals surface area contributed by atoms with Gasteiger partial charge in [0.05, 0.1) is 17.4 Å². The van der Waals surface area contributed by atoms with E-state index in [0.29, 0.717) is 12.1 Å². The SMILES string of the molecule is Cc1nscc1C(=O)N1CCCC(O)C1. The van der Waals surface area contributed by atoms with Crippen LogP contribution in [-0.4, -0.2) is 39.5 Å². The number of carbonyl (C=O) groups is 1. The minimum absolute atomic E-state index is 0.000000000000000222. The van der Waals surface area contributed by atoms with Crippen LogP contribution in [0, 0.1) is 6.92 Å². The van der Waals surface area contributed by atoms with Crippen LogP contribution < -0.4 is 0 Å². The molecule has 1 saturated heterocycles. The molecule has 1 unspecified atom stereocenters. The summed E-state index contributed by atoms with van der Waals surface area (Å²) in [6, 6.07) is 0. The third-order valence-corrected chi connectivity index (χ3v) is 3.38. The highest BCUT2D eigenvalue weighted by Gasteiger charge is 2.24. The molecule has 0 bridgehead atoms. The van der Waals surface area contributed by atoms with Crippen molar-refractivity contribution in [3.63, 3.8) is 0 Å². The number of hydrogen-bond donors (Lipinski definition) is 1. The van der Waals surface area contributed by atoms with Crippen molar-refractivity contribution in [2.45, 2.75) is 25.9 Å². The summed E-state index contributed by atoms with van der Waals surface area (Å²) in [5.41, 5.74) is 1.46. The normalized spacial score (nSPS) is 21.7. The van der Waals surface area contributed by atoms with Crippen LogP contribution in [0.2, 0.25) is 0 Å². The second-order valence-electron chi connectivity index (χ2n) is 3.86. The lowest BCUT2D eigenvalue weighted by atomic mass is 10.1. The van der Waals surface area contributed by atoms with Crippen molar-refractivity contribution in [3.8, 4) is 0 Å². The van der Waals surface area contributed by atoms with Gasteiger partial charge in [-0.25, -0.2) is 0 Å². The Bertz CT molecular complexity index is 364. The van der Waals surface area contributed by atoms with Crippen LogP contribution in [-0.2, 0) is 0 Å². The maximum Gasteiger partial charge on any atom is 0.256 e. The smallest absolute Gasteiger partial charge is 0.256 e. The molecule has 1 fully saturated rings. The van der Waals surface area contributed by atoms with Gasteiger partial charge in [-0.15, -0.1) is 0 Å². The first-order valence-electron chi connectivity index (χ1n) is 5.07. The van der Waals surface area contributed by atoms with Crippen LogP contribution in [0.3, 0.4) is 0 Å². The number of nitrogens with zero attached hydrogens (tertiary/aromatic N) is 2. The molecule has 0 aromatic carbocycles. The molecule has 0 radical (unpaired) electrons. The Balaban J connectivity index is 2.11. The molecule has 0 saturated carbocycles. The molecule has 15 heavy (non-hydrogen) atoms. The van der Waals surface area contributed by atoms with Crippen molar-refractivity contribution in [1.29, 1.82) is 0 Å². The molecule has 4 nitrogen and oxygen atoms in total. The first-order valence-corrected chi connectivity index (χ1v) is 5.90. The molecule has 0 spiro atoms. The number of piperidine rings is 1. The predicted molar refractivity (Wildman–Crippen MR) is 58.0 cm³/mol. The van der Waals surface area contributed by atoms with Crippen molar-refractivity contribution in [2.75, 3.05) is 13.1 Å². The zero-order valence-corrected chi connectivity index (χ0v) is 9.46. The third-order valence-electron chi connectivity index (χ3n) is 2.66. The number of carbonyl (C=O) groups excluding carboxylic acids is 1.